The molecule has 1 atom stereocenters. The number of ether oxygens (including phenoxy) is 1. The van der Waals surface area contributed by atoms with Gasteiger partial charge in [-0.15, -0.1) is 0 Å². The van der Waals surface area contributed by atoms with Crippen molar-refractivity contribution in [3.63, 3.8) is 0 Å². The van der Waals surface area contributed by atoms with Gasteiger partial charge in [0.25, 0.3) is 0 Å². The molecule has 118 valence electrons. The summed E-state index contributed by atoms with van der Waals surface area (Å²) in [7, 11) is 0. The second-order valence-corrected chi connectivity index (χ2v) is 6.15. The van der Waals surface area contributed by atoms with Gasteiger partial charge in [-0.25, -0.2) is 4.39 Å². The van der Waals surface area contributed by atoms with Crippen molar-refractivity contribution in [3.8, 4) is 5.75 Å². The summed E-state index contributed by atoms with van der Waals surface area (Å²) in [4.78, 5) is 12.1. The van der Waals surface area contributed by atoms with Crippen LogP contribution in [0.5, 0.6) is 5.75 Å². The molecular formula is C18H15BrFNO2. The monoisotopic (exact) mass is 375 g/mol. The summed E-state index contributed by atoms with van der Waals surface area (Å²) < 4.78 is 20.1. The van der Waals surface area contributed by atoms with Crippen molar-refractivity contribution in [2.45, 2.75) is 12.5 Å². The van der Waals surface area contributed by atoms with Gasteiger partial charge in [0.1, 0.15) is 11.6 Å². The average molecular weight is 376 g/mol. The minimum atomic E-state index is -0.350. The zero-order chi connectivity index (χ0) is 16.2. The fourth-order valence-corrected chi connectivity index (χ4v) is 2.89. The lowest BCUT2D eigenvalue weighted by molar-refractivity contribution is -0.117. The molecule has 0 fully saturated rings. The minimum absolute atomic E-state index is 0.117. The highest BCUT2D eigenvalue weighted by Crippen LogP contribution is 2.34. The topological polar surface area (TPSA) is 38.3 Å². The molecule has 23 heavy (non-hydrogen) atoms. The Bertz CT molecular complexity index is 760. The van der Waals surface area contributed by atoms with Gasteiger partial charge in [0.2, 0.25) is 5.91 Å². The van der Waals surface area contributed by atoms with Crippen molar-refractivity contribution in [1.82, 2.24) is 5.32 Å². The van der Waals surface area contributed by atoms with E-state index in [2.05, 4.69) is 21.2 Å². The fourth-order valence-electron chi connectivity index (χ4n) is 2.51. The molecule has 0 aliphatic carbocycles. The molecule has 0 spiro atoms. The molecule has 3 nitrogen and oxygen atoms in total. The molecule has 1 amide bonds. The fraction of sp³-hybridized carbons (Fsp3) is 0.167. The Hall–Kier alpha value is -2.14. The van der Waals surface area contributed by atoms with Gasteiger partial charge in [0.05, 0.1) is 12.6 Å². The van der Waals surface area contributed by atoms with E-state index in [1.165, 1.54) is 18.2 Å². The predicted molar refractivity (Wildman–Crippen MR) is 90.6 cm³/mol. The Labute approximate surface area is 142 Å². The maximum absolute atomic E-state index is 13.5. The number of halogens is 2. The number of carbonyl (C=O) groups is 1. The van der Waals surface area contributed by atoms with Crippen LogP contribution in [0, 0.1) is 5.82 Å². The van der Waals surface area contributed by atoms with E-state index in [4.69, 9.17) is 4.74 Å². The maximum atomic E-state index is 13.5. The summed E-state index contributed by atoms with van der Waals surface area (Å²) in [6, 6.07) is 11.9. The highest BCUT2D eigenvalue weighted by atomic mass is 79.9. The lowest BCUT2D eigenvalue weighted by Gasteiger charge is -2.26. The molecule has 2 aromatic carbocycles. The van der Waals surface area contributed by atoms with Crippen LogP contribution in [0.3, 0.4) is 0 Å². The van der Waals surface area contributed by atoms with Crippen LogP contribution in [-0.4, -0.2) is 12.5 Å². The molecule has 3 rings (SSSR count). The highest BCUT2D eigenvalue weighted by molar-refractivity contribution is 9.10. The van der Waals surface area contributed by atoms with Crippen LogP contribution in [0.2, 0.25) is 0 Å². The number of nitrogens with one attached hydrogen (secondary N) is 1. The second kappa shape index (κ2) is 6.96. The van der Waals surface area contributed by atoms with E-state index in [1.807, 2.05) is 18.2 Å². The van der Waals surface area contributed by atoms with E-state index in [0.717, 1.165) is 15.8 Å². The first kappa shape index (κ1) is 15.7. The number of fused-ring (bicyclic) bond motifs is 1. The van der Waals surface area contributed by atoms with Crippen LogP contribution in [0.1, 0.15) is 23.6 Å². The van der Waals surface area contributed by atoms with Crippen molar-refractivity contribution in [3.05, 3.63) is 70.0 Å². The first-order valence-corrected chi connectivity index (χ1v) is 8.08. The summed E-state index contributed by atoms with van der Waals surface area (Å²) >= 11 is 3.43. The number of hydrogen-bond donors (Lipinski definition) is 1. The zero-order valence-electron chi connectivity index (χ0n) is 12.3. The summed E-state index contributed by atoms with van der Waals surface area (Å²) in [5.74, 6) is 0.172. The molecule has 1 unspecified atom stereocenters. The molecule has 1 N–H and O–H groups in total. The maximum Gasteiger partial charge on any atom is 0.244 e. The van der Waals surface area contributed by atoms with Crippen LogP contribution in [0.15, 0.2) is 53.0 Å². The quantitative estimate of drug-likeness (QED) is 0.814. The molecule has 1 aliphatic heterocycles. The molecule has 1 aliphatic rings. The Balaban J connectivity index is 1.72. The van der Waals surface area contributed by atoms with Crippen LogP contribution >= 0.6 is 15.9 Å². The van der Waals surface area contributed by atoms with E-state index in [9.17, 15) is 9.18 Å². The largest absolute Gasteiger partial charge is 0.493 e. The third-order valence-electron chi connectivity index (χ3n) is 3.65. The normalized spacial score (nSPS) is 16.7. The molecule has 0 saturated heterocycles. The number of carbonyl (C=O) groups excluding carboxylic acids is 1. The number of amides is 1. The van der Waals surface area contributed by atoms with Gasteiger partial charge < -0.3 is 10.1 Å². The molecule has 0 aromatic heterocycles. The van der Waals surface area contributed by atoms with Gasteiger partial charge in [0, 0.05) is 28.1 Å². The van der Waals surface area contributed by atoms with E-state index in [0.29, 0.717) is 18.6 Å². The molecule has 0 radical (unpaired) electrons. The second-order valence-electron chi connectivity index (χ2n) is 5.24. The number of rotatable bonds is 3. The summed E-state index contributed by atoms with van der Waals surface area (Å²) in [5.41, 5.74) is 1.33. The van der Waals surface area contributed by atoms with Crippen molar-refractivity contribution in [1.29, 1.82) is 0 Å². The Kier molecular flexibility index (Phi) is 4.76. The first-order valence-electron chi connectivity index (χ1n) is 7.29. The third-order valence-corrected chi connectivity index (χ3v) is 4.14. The lowest BCUT2D eigenvalue weighted by atomic mass is 10.0. The van der Waals surface area contributed by atoms with Gasteiger partial charge in [-0.3, -0.25) is 4.79 Å². The lowest BCUT2D eigenvalue weighted by Crippen LogP contribution is -2.31. The van der Waals surface area contributed by atoms with Crippen LogP contribution in [-0.2, 0) is 4.79 Å². The standard InChI is InChI=1S/C18H15BrFNO2/c19-13-6-7-17-14(11-13)16(9-10-23-17)21-18(22)8-5-12-3-1-2-4-15(12)20/h1-8,11,16H,9-10H2,(H,21,22)/b8-5+. The van der Waals surface area contributed by atoms with E-state index in [1.54, 1.807) is 18.2 Å². The number of hydrogen-bond acceptors (Lipinski definition) is 2. The molecule has 1 heterocycles. The SMILES string of the molecule is O=C(/C=C/c1ccccc1F)NC1CCOc2ccc(Br)cc21. The number of benzene rings is 2. The van der Waals surface area contributed by atoms with Gasteiger partial charge in [-0.05, 0) is 30.3 Å². The minimum Gasteiger partial charge on any atom is -0.493 e. The van der Waals surface area contributed by atoms with Gasteiger partial charge >= 0.3 is 0 Å². The van der Waals surface area contributed by atoms with E-state index in [-0.39, 0.29) is 17.8 Å². The van der Waals surface area contributed by atoms with Gasteiger partial charge in [-0.1, -0.05) is 34.1 Å². The predicted octanol–water partition coefficient (Wildman–Crippen LogP) is 4.24. The Morgan fingerprint density at radius 3 is 2.96 bits per heavy atom. The molecule has 0 saturated carbocycles. The summed E-state index contributed by atoms with van der Waals surface area (Å²) in [6.45, 7) is 0.552. The van der Waals surface area contributed by atoms with Crippen molar-refractivity contribution in [2.24, 2.45) is 0 Å². The first-order chi connectivity index (χ1) is 11.1. The van der Waals surface area contributed by atoms with Crippen LogP contribution in [0.4, 0.5) is 4.39 Å². The van der Waals surface area contributed by atoms with Crippen LogP contribution < -0.4 is 10.1 Å². The smallest absolute Gasteiger partial charge is 0.244 e. The molecule has 0 bridgehead atoms. The zero-order valence-corrected chi connectivity index (χ0v) is 13.8. The molecule has 2 aromatic rings. The van der Waals surface area contributed by atoms with Crippen molar-refractivity contribution >= 4 is 27.9 Å². The van der Waals surface area contributed by atoms with Gasteiger partial charge in [0.15, 0.2) is 0 Å². The molecule has 5 heteroatoms. The average Bonchev–Trinajstić information content (AvgIpc) is 2.55. The Morgan fingerprint density at radius 1 is 1.30 bits per heavy atom. The van der Waals surface area contributed by atoms with Crippen LogP contribution in [0.25, 0.3) is 6.08 Å². The van der Waals surface area contributed by atoms with E-state index >= 15 is 0 Å². The van der Waals surface area contributed by atoms with E-state index < -0.39 is 0 Å². The highest BCUT2D eigenvalue weighted by Gasteiger charge is 2.22. The van der Waals surface area contributed by atoms with Crippen molar-refractivity contribution < 1.29 is 13.9 Å². The summed E-state index contributed by atoms with van der Waals surface area (Å²) in [5, 5.41) is 2.94. The Morgan fingerprint density at radius 2 is 2.13 bits per heavy atom. The van der Waals surface area contributed by atoms with Gasteiger partial charge in [-0.2, -0.15) is 0 Å². The summed E-state index contributed by atoms with van der Waals surface area (Å²) in [6.07, 6.45) is 3.53. The van der Waals surface area contributed by atoms with Crippen molar-refractivity contribution in [2.75, 3.05) is 6.61 Å². The third kappa shape index (κ3) is 3.79. The molecular weight excluding hydrogens is 361 g/mol.